The van der Waals surface area contributed by atoms with Gasteiger partial charge in [0.25, 0.3) is 0 Å². The molecule has 1 aromatic carbocycles. The Labute approximate surface area is 119 Å². The second-order valence-corrected chi connectivity index (χ2v) is 7.25. The molecule has 1 N–H and O–H groups in total. The summed E-state index contributed by atoms with van der Waals surface area (Å²) in [6.45, 7) is 2.36. The molecule has 110 valence electrons. The Morgan fingerprint density at radius 1 is 1.25 bits per heavy atom. The number of piperidine rings is 1. The van der Waals surface area contributed by atoms with Gasteiger partial charge in [-0.05, 0) is 49.7 Å². The third kappa shape index (κ3) is 3.58. The molecule has 1 aromatic rings. The number of likely N-dealkylation sites (tertiary alicyclic amines) is 1. The number of nitrogens with zero attached hydrogens (tertiary/aromatic N) is 1. The van der Waals surface area contributed by atoms with Crippen molar-refractivity contribution in [2.45, 2.75) is 30.7 Å². The van der Waals surface area contributed by atoms with Crippen LogP contribution < -0.4 is 0 Å². The minimum atomic E-state index is -3.32. The van der Waals surface area contributed by atoms with Crippen LogP contribution in [-0.2, 0) is 16.4 Å². The van der Waals surface area contributed by atoms with Gasteiger partial charge in [0.1, 0.15) is 0 Å². The number of carbonyl (C=O) groups is 1. The summed E-state index contributed by atoms with van der Waals surface area (Å²) >= 11 is 0. The zero-order valence-corrected chi connectivity index (χ0v) is 12.3. The van der Waals surface area contributed by atoms with Gasteiger partial charge in [-0.3, -0.25) is 4.90 Å². The van der Waals surface area contributed by atoms with Crippen molar-refractivity contribution in [1.29, 1.82) is 0 Å². The van der Waals surface area contributed by atoms with E-state index >= 15 is 0 Å². The van der Waals surface area contributed by atoms with Crippen LogP contribution in [0.4, 0.5) is 0 Å². The molecule has 6 heteroatoms. The summed E-state index contributed by atoms with van der Waals surface area (Å²) in [4.78, 5) is 13.6. The molecule has 1 saturated heterocycles. The first-order chi connectivity index (χ1) is 9.38. The lowest BCUT2D eigenvalue weighted by atomic mass is 10.1. The van der Waals surface area contributed by atoms with E-state index in [0.717, 1.165) is 32.2 Å². The normalized spacial score (nSPS) is 17.1. The van der Waals surface area contributed by atoms with Crippen LogP contribution in [0.25, 0.3) is 0 Å². The Bertz CT molecular complexity index is 604. The number of aromatic carboxylic acids is 1. The lowest BCUT2D eigenvalue weighted by molar-refractivity contribution is 0.0694. The number of sulfone groups is 1. The zero-order valence-electron chi connectivity index (χ0n) is 11.5. The third-order valence-electron chi connectivity index (χ3n) is 3.58. The number of rotatable bonds is 4. The van der Waals surface area contributed by atoms with E-state index in [2.05, 4.69) is 4.90 Å². The summed E-state index contributed by atoms with van der Waals surface area (Å²) in [7, 11) is -3.32. The molecular weight excluding hydrogens is 278 g/mol. The van der Waals surface area contributed by atoms with Crippen molar-refractivity contribution in [2.75, 3.05) is 19.3 Å². The molecule has 0 atom stereocenters. The average Bonchev–Trinajstić information content (AvgIpc) is 2.38. The maximum absolute atomic E-state index is 11.6. The van der Waals surface area contributed by atoms with Gasteiger partial charge in [-0.15, -0.1) is 0 Å². The van der Waals surface area contributed by atoms with Crippen molar-refractivity contribution >= 4 is 15.8 Å². The maximum Gasteiger partial charge on any atom is 0.336 e. The van der Waals surface area contributed by atoms with Crippen LogP contribution >= 0.6 is 0 Å². The quantitative estimate of drug-likeness (QED) is 0.917. The van der Waals surface area contributed by atoms with Crippen LogP contribution in [0.3, 0.4) is 0 Å². The van der Waals surface area contributed by atoms with Crippen LogP contribution in [-0.4, -0.2) is 43.7 Å². The van der Waals surface area contributed by atoms with Gasteiger partial charge in [0, 0.05) is 12.8 Å². The largest absolute Gasteiger partial charge is 0.478 e. The molecule has 1 aliphatic rings. The first kappa shape index (κ1) is 15.0. The van der Waals surface area contributed by atoms with E-state index in [1.807, 2.05) is 0 Å². The van der Waals surface area contributed by atoms with Gasteiger partial charge in [0.15, 0.2) is 9.84 Å². The topological polar surface area (TPSA) is 74.7 Å². The Morgan fingerprint density at radius 3 is 2.45 bits per heavy atom. The second-order valence-electron chi connectivity index (χ2n) is 5.23. The molecule has 20 heavy (non-hydrogen) atoms. The van der Waals surface area contributed by atoms with Crippen molar-refractivity contribution in [3.05, 3.63) is 29.3 Å². The summed E-state index contributed by atoms with van der Waals surface area (Å²) < 4.78 is 23.2. The predicted octanol–water partition coefficient (Wildman–Crippen LogP) is 1.77. The lowest BCUT2D eigenvalue weighted by Crippen LogP contribution is -2.29. The molecule has 0 unspecified atom stereocenters. The predicted molar refractivity (Wildman–Crippen MR) is 75.6 cm³/mol. The minimum absolute atomic E-state index is 0.175. The van der Waals surface area contributed by atoms with E-state index in [-0.39, 0.29) is 10.5 Å². The fraction of sp³-hybridized carbons (Fsp3) is 0.500. The second kappa shape index (κ2) is 5.93. The van der Waals surface area contributed by atoms with Crippen molar-refractivity contribution in [2.24, 2.45) is 0 Å². The summed E-state index contributed by atoms with van der Waals surface area (Å²) in [5.41, 5.74) is 0.755. The molecule has 0 amide bonds. The first-order valence-corrected chi connectivity index (χ1v) is 8.56. The Balaban J connectivity index is 2.33. The smallest absolute Gasteiger partial charge is 0.336 e. The molecule has 0 aromatic heterocycles. The van der Waals surface area contributed by atoms with Crippen LogP contribution in [0.5, 0.6) is 0 Å². The van der Waals surface area contributed by atoms with Gasteiger partial charge in [-0.2, -0.15) is 0 Å². The highest BCUT2D eigenvalue weighted by Gasteiger charge is 2.18. The number of carboxylic acids is 1. The number of hydrogen-bond acceptors (Lipinski definition) is 4. The summed E-state index contributed by atoms with van der Waals surface area (Å²) in [5, 5.41) is 9.22. The molecule has 1 aliphatic heterocycles. The van der Waals surface area contributed by atoms with Gasteiger partial charge in [0.2, 0.25) is 0 Å². The van der Waals surface area contributed by atoms with E-state index in [1.165, 1.54) is 24.6 Å². The summed E-state index contributed by atoms with van der Waals surface area (Å²) in [6.07, 6.45) is 4.54. The first-order valence-electron chi connectivity index (χ1n) is 6.66. The van der Waals surface area contributed by atoms with Gasteiger partial charge < -0.3 is 5.11 Å². The molecule has 5 nitrogen and oxygen atoms in total. The minimum Gasteiger partial charge on any atom is -0.478 e. The fourth-order valence-electron chi connectivity index (χ4n) is 2.50. The highest BCUT2D eigenvalue weighted by atomic mass is 32.2. The highest BCUT2D eigenvalue weighted by molar-refractivity contribution is 7.90. The zero-order chi connectivity index (χ0) is 14.8. The van der Waals surface area contributed by atoms with Crippen molar-refractivity contribution in [3.8, 4) is 0 Å². The number of carboxylic acid groups (broad SMARTS) is 1. The monoisotopic (exact) mass is 297 g/mol. The van der Waals surface area contributed by atoms with Crippen molar-refractivity contribution in [1.82, 2.24) is 4.90 Å². The molecule has 0 saturated carbocycles. The molecular formula is C14H19NO4S. The Morgan fingerprint density at radius 2 is 1.90 bits per heavy atom. The fourth-order valence-corrected chi connectivity index (χ4v) is 3.17. The lowest BCUT2D eigenvalue weighted by Gasteiger charge is -2.27. The van der Waals surface area contributed by atoms with Crippen molar-refractivity contribution in [3.63, 3.8) is 0 Å². The molecule has 0 aliphatic carbocycles. The van der Waals surface area contributed by atoms with E-state index in [1.54, 1.807) is 0 Å². The van der Waals surface area contributed by atoms with E-state index in [4.69, 9.17) is 0 Å². The Hall–Kier alpha value is -1.40. The SMILES string of the molecule is CS(=O)(=O)c1ccc(C(=O)O)c(CN2CCCCC2)c1. The molecule has 0 radical (unpaired) electrons. The average molecular weight is 297 g/mol. The van der Waals surface area contributed by atoms with Crippen LogP contribution in [0.1, 0.15) is 35.2 Å². The number of hydrogen-bond donors (Lipinski definition) is 1. The molecule has 0 spiro atoms. The molecule has 1 fully saturated rings. The number of benzene rings is 1. The summed E-state index contributed by atoms with van der Waals surface area (Å²) in [5.74, 6) is -1.02. The standard InChI is InChI=1S/C14H19NO4S/c1-20(18,19)12-5-6-13(14(16)17)11(9-12)10-15-7-3-2-4-8-15/h5-6,9H,2-4,7-8,10H2,1H3,(H,16,17). The van der Waals surface area contributed by atoms with Gasteiger partial charge in [0.05, 0.1) is 10.5 Å². The van der Waals surface area contributed by atoms with Gasteiger partial charge in [-0.1, -0.05) is 6.42 Å². The van der Waals surface area contributed by atoms with E-state index in [0.29, 0.717) is 12.1 Å². The molecule has 0 bridgehead atoms. The van der Waals surface area contributed by atoms with Crippen LogP contribution in [0.15, 0.2) is 23.1 Å². The van der Waals surface area contributed by atoms with Crippen LogP contribution in [0.2, 0.25) is 0 Å². The van der Waals surface area contributed by atoms with Crippen LogP contribution in [0, 0.1) is 0 Å². The van der Waals surface area contributed by atoms with Gasteiger partial charge >= 0.3 is 5.97 Å². The summed E-state index contributed by atoms with van der Waals surface area (Å²) in [6, 6.07) is 4.24. The molecule has 1 heterocycles. The highest BCUT2D eigenvalue weighted by Crippen LogP contribution is 2.20. The maximum atomic E-state index is 11.6. The van der Waals surface area contributed by atoms with E-state index in [9.17, 15) is 18.3 Å². The molecule has 2 rings (SSSR count). The van der Waals surface area contributed by atoms with E-state index < -0.39 is 15.8 Å². The Kier molecular flexibility index (Phi) is 4.45. The third-order valence-corrected chi connectivity index (χ3v) is 4.69. The van der Waals surface area contributed by atoms with Crippen molar-refractivity contribution < 1.29 is 18.3 Å². The van der Waals surface area contributed by atoms with Gasteiger partial charge in [-0.25, -0.2) is 13.2 Å².